The summed E-state index contributed by atoms with van der Waals surface area (Å²) < 4.78 is 0. The molecule has 1 heterocycles. The van der Waals surface area contributed by atoms with Gasteiger partial charge in [-0.1, -0.05) is 37.5 Å². The molecule has 108 valence electrons. The molecule has 0 unspecified atom stereocenters. The molecular formula is C16H22N2OS. The largest absolute Gasteiger partial charge is 0.335 e. The Hall–Kier alpha value is -1.16. The molecular weight excluding hydrogens is 268 g/mol. The third kappa shape index (κ3) is 3.29. The topological polar surface area (TPSA) is 41.1 Å². The number of fused-ring (bicyclic) bond motifs is 1. The van der Waals surface area contributed by atoms with Crippen molar-refractivity contribution in [1.82, 2.24) is 10.6 Å². The Labute approximate surface area is 124 Å². The van der Waals surface area contributed by atoms with Gasteiger partial charge in [0.25, 0.3) is 0 Å². The van der Waals surface area contributed by atoms with Gasteiger partial charge in [0.15, 0.2) is 0 Å². The Morgan fingerprint density at radius 3 is 2.70 bits per heavy atom. The quantitative estimate of drug-likeness (QED) is 0.868. The van der Waals surface area contributed by atoms with Gasteiger partial charge >= 0.3 is 6.03 Å². The number of hydrogen-bond acceptors (Lipinski definition) is 2. The van der Waals surface area contributed by atoms with E-state index in [-0.39, 0.29) is 12.1 Å². The summed E-state index contributed by atoms with van der Waals surface area (Å²) in [5.41, 5.74) is 1.27. The van der Waals surface area contributed by atoms with Crippen LogP contribution in [-0.4, -0.2) is 17.8 Å². The van der Waals surface area contributed by atoms with E-state index in [0.29, 0.717) is 6.04 Å². The number of hydrogen-bond donors (Lipinski definition) is 2. The van der Waals surface area contributed by atoms with Crippen molar-refractivity contribution in [2.24, 2.45) is 0 Å². The second kappa shape index (κ2) is 6.53. The second-order valence-corrected chi connectivity index (χ2v) is 6.82. The van der Waals surface area contributed by atoms with Gasteiger partial charge in [0.1, 0.15) is 0 Å². The minimum Gasteiger partial charge on any atom is -0.335 e. The van der Waals surface area contributed by atoms with E-state index in [1.807, 2.05) is 11.8 Å². The van der Waals surface area contributed by atoms with Gasteiger partial charge in [-0.25, -0.2) is 4.79 Å². The van der Waals surface area contributed by atoms with Crippen LogP contribution in [0.3, 0.4) is 0 Å². The predicted octanol–water partition coefficient (Wildman–Crippen LogP) is 3.86. The molecule has 2 N–H and O–H groups in total. The zero-order valence-electron chi connectivity index (χ0n) is 11.7. The Bertz CT molecular complexity index is 471. The number of thioether (sulfide) groups is 1. The molecule has 3 rings (SSSR count). The van der Waals surface area contributed by atoms with Gasteiger partial charge in [0.05, 0.1) is 6.04 Å². The van der Waals surface area contributed by atoms with E-state index < -0.39 is 0 Å². The van der Waals surface area contributed by atoms with Crippen molar-refractivity contribution in [2.75, 3.05) is 5.75 Å². The van der Waals surface area contributed by atoms with Gasteiger partial charge in [-0.05, 0) is 30.9 Å². The van der Waals surface area contributed by atoms with Crippen LogP contribution in [0.25, 0.3) is 0 Å². The van der Waals surface area contributed by atoms with E-state index in [1.165, 1.54) is 29.7 Å². The summed E-state index contributed by atoms with van der Waals surface area (Å²) in [5, 5.41) is 6.30. The van der Waals surface area contributed by atoms with E-state index >= 15 is 0 Å². The third-order valence-electron chi connectivity index (χ3n) is 4.20. The summed E-state index contributed by atoms with van der Waals surface area (Å²) in [6.45, 7) is 0. The minimum absolute atomic E-state index is 0.00334. The van der Waals surface area contributed by atoms with Gasteiger partial charge in [-0.3, -0.25) is 0 Å². The smallest absolute Gasteiger partial charge is 0.315 e. The molecule has 0 radical (unpaired) electrons. The average molecular weight is 290 g/mol. The number of carbonyl (C=O) groups excluding carboxylic acids is 1. The van der Waals surface area contributed by atoms with Gasteiger partial charge in [0, 0.05) is 16.7 Å². The van der Waals surface area contributed by atoms with Crippen molar-refractivity contribution in [3.63, 3.8) is 0 Å². The molecule has 1 fully saturated rings. The number of carbonyl (C=O) groups is 1. The van der Waals surface area contributed by atoms with Gasteiger partial charge in [-0.15, -0.1) is 11.8 Å². The highest BCUT2D eigenvalue weighted by Gasteiger charge is 2.23. The van der Waals surface area contributed by atoms with Crippen LogP contribution in [0.1, 0.15) is 50.1 Å². The van der Waals surface area contributed by atoms with Gasteiger partial charge in [-0.2, -0.15) is 0 Å². The van der Waals surface area contributed by atoms with Crippen LogP contribution >= 0.6 is 11.8 Å². The molecule has 1 aromatic rings. The van der Waals surface area contributed by atoms with E-state index in [4.69, 9.17) is 0 Å². The summed E-state index contributed by atoms with van der Waals surface area (Å²) in [6.07, 6.45) is 7.07. The molecule has 0 spiro atoms. The molecule has 2 aliphatic rings. The second-order valence-electron chi connectivity index (χ2n) is 5.68. The first kappa shape index (κ1) is 13.8. The highest BCUT2D eigenvalue weighted by molar-refractivity contribution is 7.99. The van der Waals surface area contributed by atoms with Gasteiger partial charge in [0.2, 0.25) is 0 Å². The first-order valence-electron chi connectivity index (χ1n) is 7.62. The summed E-state index contributed by atoms with van der Waals surface area (Å²) in [4.78, 5) is 13.5. The molecule has 3 nitrogen and oxygen atoms in total. The van der Waals surface area contributed by atoms with Crippen molar-refractivity contribution >= 4 is 17.8 Å². The van der Waals surface area contributed by atoms with Crippen LogP contribution in [0.15, 0.2) is 29.2 Å². The fourth-order valence-electron chi connectivity index (χ4n) is 3.12. The van der Waals surface area contributed by atoms with Crippen LogP contribution in [0, 0.1) is 0 Å². The zero-order chi connectivity index (χ0) is 13.8. The van der Waals surface area contributed by atoms with E-state index in [0.717, 1.165) is 25.0 Å². The normalized spacial score (nSPS) is 22.9. The molecule has 20 heavy (non-hydrogen) atoms. The van der Waals surface area contributed by atoms with E-state index in [1.54, 1.807) is 0 Å². The molecule has 1 saturated carbocycles. The van der Waals surface area contributed by atoms with Crippen molar-refractivity contribution in [2.45, 2.75) is 55.5 Å². The maximum atomic E-state index is 12.2. The molecule has 0 bridgehead atoms. The number of benzene rings is 1. The predicted molar refractivity (Wildman–Crippen MR) is 83.1 cm³/mol. The van der Waals surface area contributed by atoms with Crippen molar-refractivity contribution in [3.05, 3.63) is 29.8 Å². The molecule has 1 atom stereocenters. The van der Waals surface area contributed by atoms with Crippen LogP contribution in [0.5, 0.6) is 0 Å². The van der Waals surface area contributed by atoms with Crippen LogP contribution in [-0.2, 0) is 0 Å². The first-order chi connectivity index (χ1) is 9.83. The molecule has 0 saturated heterocycles. The summed E-state index contributed by atoms with van der Waals surface area (Å²) in [6, 6.07) is 8.94. The van der Waals surface area contributed by atoms with Crippen molar-refractivity contribution in [1.29, 1.82) is 0 Å². The molecule has 0 aromatic heterocycles. The first-order valence-corrected chi connectivity index (χ1v) is 8.60. The van der Waals surface area contributed by atoms with Crippen LogP contribution in [0.2, 0.25) is 0 Å². The fraction of sp³-hybridized carbons (Fsp3) is 0.562. The lowest BCUT2D eigenvalue weighted by Gasteiger charge is -2.28. The molecule has 2 amide bonds. The van der Waals surface area contributed by atoms with Crippen molar-refractivity contribution in [3.8, 4) is 0 Å². The number of nitrogens with one attached hydrogen (secondary N) is 2. The highest BCUT2D eigenvalue weighted by Crippen LogP contribution is 2.35. The lowest BCUT2D eigenvalue weighted by atomic mass is 9.96. The number of urea groups is 1. The Balaban J connectivity index is 1.59. The number of rotatable bonds is 2. The number of amides is 2. The molecule has 4 heteroatoms. The standard InChI is InChI=1S/C16H22N2OS/c19-16(17-12-6-2-1-3-7-12)18-14-10-11-20-15-9-5-4-8-13(14)15/h4-5,8-9,12,14H,1-3,6-7,10-11H2,(H2,17,18,19)/t14-/m1/s1. The molecule has 1 aromatic carbocycles. The average Bonchev–Trinajstić information content (AvgIpc) is 2.48. The van der Waals surface area contributed by atoms with Crippen molar-refractivity contribution < 1.29 is 4.79 Å². The fourth-order valence-corrected chi connectivity index (χ4v) is 4.25. The summed E-state index contributed by atoms with van der Waals surface area (Å²) >= 11 is 1.88. The summed E-state index contributed by atoms with van der Waals surface area (Å²) in [7, 11) is 0. The van der Waals surface area contributed by atoms with Gasteiger partial charge < -0.3 is 10.6 Å². The zero-order valence-corrected chi connectivity index (χ0v) is 12.5. The molecule has 1 aliphatic carbocycles. The van der Waals surface area contributed by atoms with E-state index in [9.17, 15) is 4.79 Å². The Morgan fingerprint density at radius 1 is 1.05 bits per heavy atom. The maximum Gasteiger partial charge on any atom is 0.315 e. The summed E-state index contributed by atoms with van der Waals surface area (Å²) in [5.74, 6) is 1.07. The van der Waals surface area contributed by atoms with Crippen LogP contribution in [0.4, 0.5) is 4.79 Å². The minimum atomic E-state index is 0.00334. The highest BCUT2D eigenvalue weighted by atomic mass is 32.2. The Kier molecular flexibility index (Phi) is 4.51. The third-order valence-corrected chi connectivity index (χ3v) is 5.33. The molecule has 1 aliphatic heterocycles. The monoisotopic (exact) mass is 290 g/mol. The lowest BCUT2D eigenvalue weighted by molar-refractivity contribution is 0.228. The maximum absolute atomic E-state index is 12.2. The van der Waals surface area contributed by atoms with E-state index in [2.05, 4.69) is 34.9 Å². The SMILES string of the molecule is O=C(NC1CCCCC1)N[C@@H]1CCSc2ccccc21. The van der Waals surface area contributed by atoms with Crippen LogP contribution < -0.4 is 10.6 Å². The Morgan fingerprint density at radius 2 is 1.85 bits per heavy atom. The lowest BCUT2D eigenvalue weighted by Crippen LogP contribution is -2.44.